The molecule has 1 N–H and O–H groups in total. The number of imidazole rings is 2. The van der Waals surface area contributed by atoms with E-state index in [0.29, 0.717) is 50.8 Å². The third-order valence-corrected chi connectivity index (χ3v) is 7.12. The number of hydrogen-bond acceptors (Lipinski definition) is 9. The first-order valence-electron chi connectivity index (χ1n) is 15.4. The highest BCUT2D eigenvalue weighted by molar-refractivity contribution is 6.21. The summed E-state index contributed by atoms with van der Waals surface area (Å²) in [5.74, 6) is -1.52. The summed E-state index contributed by atoms with van der Waals surface area (Å²) < 4.78 is 8.80. The van der Waals surface area contributed by atoms with Gasteiger partial charge in [0.25, 0.3) is 0 Å². The molecule has 50 heavy (non-hydrogen) atoms. The lowest BCUT2D eigenvalue weighted by molar-refractivity contribution is -0.147. The summed E-state index contributed by atoms with van der Waals surface area (Å²) in [5.41, 5.74) is 5.76. The van der Waals surface area contributed by atoms with Gasteiger partial charge in [-0.3, -0.25) is 18.8 Å². The van der Waals surface area contributed by atoms with Crippen LogP contribution in [0, 0.1) is 36.5 Å². The van der Waals surface area contributed by atoms with E-state index in [1.54, 1.807) is 57.6 Å². The van der Waals surface area contributed by atoms with Crippen molar-refractivity contribution >= 4 is 46.5 Å². The van der Waals surface area contributed by atoms with Crippen molar-refractivity contribution in [1.82, 2.24) is 28.7 Å². The van der Waals surface area contributed by atoms with E-state index in [1.165, 1.54) is 18.5 Å². The van der Waals surface area contributed by atoms with Gasteiger partial charge in [-0.2, -0.15) is 10.5 Å². The molecule has 6 heterocycles. The largest absolute Gasteiger partial charge is 0.478 e. The maximum absolute atomic E-state index is 12.9. The van der Waals surface area contributed by atoms with Crippen molar-refractivity contribution in [1.29, 1.82) is 10.5 Å². The molecule has 0 saturated carbocycles. The normalized spacial score (nSPS) is 11.7. The number of esters is 1. The minimum Gasteiger partial charge on any atom is -0.478 e. The topological polar surface area (TPSA) is 172 Å². The molecule has 12 heteroatoms. The van der Waals surface area contributed by atoms with Crippen molar-refractivity contribution in [3.05, 3.63) is 131 Å². The Balaban J connectivity index is 0.000000197. The molecular formula is C38H32N8O4. The van der Waals surface area contributed by atoms with E-state index in [4.69, 9.17) is 10.00 Å². The molecule has 0 amide bonds. The first kappa shape index (κ1) is 34.4. The predicted octanol–water partition coefficient (Wildman–Crippen LogP) is 6.33. The van der Waals surface area contributed by atoms with Gasteiger partial charge in [-0.15, -0.1) is 0 Å². The van der Waals surface area contributed by atoms with E-state index in [9.17, 15) is 20.0 Å². The van der Waals surface area contributed by atoms with Gasteiger partial charge < -0.3 is 9.84 Å². The molecule has 0 unspecified atom stereocenters. The fraction of sp³-hybridized carbons (Fsp3) is 0.158. The molecule has 0 saturated heterocycles. The standard InChI is InChI=1S/C21H20N4O2.C17H12N4O2/c1-14-6-5-7-16(24-14)10-18(20(26)27-21(2,3)4)15-8-9-19-23-12-17(11-22)25(19)13-15;1-11-3-2-4-13(20-11)7-15(17(22)23)12-5-6-16-19-9-14(8-18)21(16)10-12/h5-10,12-13H,1-4H3;2-7,9-10H,1H3,(H,22,23)/b18-10+;15-7+. The van der Waals surface area contributed by atoms with Crippen LogP contribution in [0.3, 0.4) is 0 Å². The number of nitrogens with zero attached hydrogens (tertiary/aromatic N) is 8. The average Bonchev–Trinajstić information content (AvgIpc) is 3.68. The van der Waals surface area contributed by atoms with E-state index in [2.05, 4.69) is 26.0 Å². The molecule has 0 spiro atoms. The van der Waals surface area contributed by atoms with Crippen LogP contribution >= 0.6 is 0 Å². The number of carbonyl (C=O) groups excluding carboxylic acids is 1. The van der Waals surface area contributed by atoms with Crippen LogP contribution in [0.15, 0.2) is 85.5 Å². The lowest BCUT2D eigenvalue weighted by atomic mass is 10.1. The molecule has 0 fully saturated rings. The Morgan fingerprint density at radius 2 is 1.20 bits per heavy atom. The van der Waals surface area contributed by atoms with E-state index in [0.717, 1.165) is 11.4 Å². The Bertz CT molecular complexity index is 2400. The number of fused-ring (bicyclic) bond motifs is 2. The zero-order chi connectivity index (χ0) is 36.0. The summed E-state index contributed by atoms with van der Waals surface area (Å²) >= 11 is 0. The highest BCUT2D eigenvalue weighted by atomic mass is 16.6. The number of rotatable bonds is 6. The van der Waals surface area contributed by atoms with E-state index < -0.39 is 17.5 Å². The van der Waals surface area contributed by atoms with Crippen LogP contribution in [-0.4, -0.2) is 51.4 Å². The Morgan fingerprint density at radius 1 is 0.740 bits per heavy atom. The summed E-state index contributed by atoms with van der Waals surface area (Å²) in [5, 5.41) is 27.9. The quantitative estimate of drug-likeness (QED) is 0.157. The van der Waals surface area contributed by atoms with Crippen molar-refractivity contribution in [3.63, 3.8) is 0 Å². The van der Waals surface area contributed by atoms with E-state index >= 15 is 0 Å². The molecule has 0 aliphatic heterocycles. The van der Waals surface area contributed by atoms with Crippen molar-refractivity contribution in [2.45, 2.75) is 40.2 Å². The molecule has 6 rings (SSSR count). The fourth-order valence-electron chi connectivity index (χ4n) is 4.89. The third-order valence-electron chi connectivity index (χ3n) is 7.12. The van der Waals surface area contributed by atoms with E-state index in [-0.39, 0.29) is 5.57 Å². The molecule has 0 bridgehead atoms. The van der Waals surface area contributed by atoms with Gasteiger partial charge in [-0.05, 0) is 95.3 Å². The Morgan fingerprint density at radius 3 is 1.62 bits per heavy atom. The first-order chi connectivity index (χ1) is 23.8. The van der Waals surface area contributed by atoms with Crippen LogP contribution in [0.2, 0.25) is 0 Å². The molecule has 0 aromatic carbocycles. The van der Waals surface area contributed by atoms with Gasteiger partial charge in [0.2, 0.25) is 0 Å². The van der Waals surface area contributed by atoms with Crippen LogP contribution in [0.1, 0.15) is 66.1 Å². The van der Waals surface area contributed by atoms with Gasteiger partial charge in [0.1, 0.15) is 40.4 Å². The second-order valence-corrected chi connectivity index (χ2v) is 12.1. The lowest BCUT2D eigenvalue weighted by Crippen LogP contribution is -2.24. The van der Waals surface area contributed by atoms with Crippen LogP contribution in [-0.2, 0) is 14.3 Å². The number of aromatic nitrogens is 6. The number of pyridine rings is 4. The first-order valence-corrected chi connectivity index (χ1v) is 15.4. The lowest BCUT2D eigenvalue weighted by Gasteiger charge is -2.21. The number of hydrogen-bond donors (Lipinski definition) is 1. The highest BCUT2D eigenvalue weighted by Gasteiger charge is 2.22. The Kier molecular flexibility index (Phi) is 9.95. The number of carboxylic acid groups (broad SMARTS) is 1. The Hall–Kier alpha value is -6.92. The summed E-state index contributed by atoms with van der Waals surface area (Å²) in [6.07, 6.45) is 9.47. The maximum atomic E-state index is 12.9. The number of aliphatic carboxylic acids is 1. The summed E-state index contributed by atoms with van der Waals surface area (Å²) in [4.78, 5) is 41.5. The summed E-state index contributed by atoms with van der Waals surface area (Å²) in [6.45, 7) is 9.19. The van der Waals surface area contributed by atoms with Crippen molar-refractivity contribution in [2.75, 3.05) is 0 Å². The molecule has 6 aromatic heterocycles. The van der Waals surface area contributed by atoms with Gasteiger partial charge in [0.15, 0.2) is 0 Å². The number of carboxylic acids is 1. The SMILES string of the molecule is Cc1cccc(/C=C(/C(=O)O)c2ccc3ncc(C#N)n3c2)n1.Cc1cccc(/C=C(/C(=O)OC(C)(C)C)c2ccc3ncc(C#N)n3c2)n1. The molecule has 248 valence electrons. The van der Waals surface area contributed by atoms with Crippen molar-refractivity contribution in [2.24, 2.45) is 0 Å². The van der Waals surface area contributed by atoms with Crippen LogP contribution in [0.5, 0.6) is 0 Å². The number of nitriles is 2. The molecule has 0 aliphatic rings. The monoisotopic (exact) mass is 664 g/mol. The predicted molar refractivity (Wildman–Crippen MR) is 187 cm³/mol. The molecule has 0 radical (unpaired) electrons. The zero-order valence-electron chi connectivity index (χ0n) is 28.0. The van der Waals surface area contributed by atoms with Crippen LogP contribution in [0.4, 0.5) is 0 Å². The van der Waals surface area contributed by atoms with Crippen molar-refractivity contribution in [3.8, 4) is 12.1 Å². The molecule has 0 atom stereocenters. The second-order valence-electron chi connectivity index (χ2n) is 12.1. The highest BCUT2D eigenvalue weighted by Crippen LogP contribution is 2.24. The van der Waals surface area contributed by atoms with Gasteiger partial charge in [0, 0.05) is 34.9 Å². The van der Waals surface area contributed by atoms with Gasteiger partial charge in [-0.1, -0.05) is 12.1 Å². The van der Waals surface area contributed by atoms with Crippen LogP contribution < -0.4 is 0 Å². The zero-order valence-corrected chi connectivity index (χ0v) is 28.0. The van der Waals surface area contributed by atoms with Gasteiger partial charge >= 0.3 is 11.9 Å². The van der Waals surface area contributed by atoms with Gasteiger partial charge in [-0.25, -0.2) is 19.6 Å². The summed E-state index contributed by atoms with van der Waals surface area (Å²) in [6, 6.07) is 22.0. The number of ether oxygens (including phenoxy) is 1. The minimum absolute atomic E-state index is 0.0996. The smallest absolute Gasteiger partial charge is 0.339 e. The molecule has 6 aromatic rings. The fourth-order valence-corrected chi connectivity index (χ4v) is 4.89. The Labute approximate surface area is 287 Å². The van der Waals surface area contributed by atoms with Crippen LogP contribution in [0.25, 0.3) is 34.6 Å². The minimum atomic E-state index is -1.06. The average molecular weight is 665 g/mol. The van der Waals surface area contributed by atoms with Crippen molar-refractivity contribution < 1.29 is 19.4 Å². The number of carbonyl (C=O) groups is 2. The summed E-state index contributed by atoms with van der Waals surface area (Å²) in [7, 11) is 0. The molecular weight excluding hydrogens is 632 g/mol. The molecule has 0 aliphatic carbocycles. The van der Waals surface area contributed by atoms with E-state index in [1.807, 2.05) is 71.0 Å². The third kappa shape index (κ3) is 8.13. The second kappa shape index (κ2) is 14.5. The van der Waals surface area contributed by atoms with Gasteiger partial charge in [0.05, 0.1) is 34.9 Å². The number of aryl methyl sites for hydroxylation is 2. The maximum Gasteiger partial charge on any atom is 0.339 e. The molecule has 12 nitrogen and oxygen atoms in total.